The zero-order chi connectivity index (χ0) is 17.9. The van der Waals surface area contributed by atoms with Crippen LogP contribution in [0.25, 0.3) is 11.1 Å². The highest BCUT2D eigenvalue weighted by molar-refractivity contribution is 7.51. The highest BCUT2D eigenvalue weighted by atomic mass is 79.9. The Morgan fingerprint density at radius 3 is 1.81 bits per heavy atom. The van der Waals surface area contributed by atoms with E-state index < -0.39 is 13.4 Å². The Bertz CT molecular complexity index is 885. The van der Waals surface area contributed by atoms with Crippen LogP contribution in [0.4, 0.5) is 0 Å². The predicted octanol–water partition coefficient (Wildman–Crippen LogP) is -3.32. The van der Waals surface area contributed by atoms with Gasteiger partial charge >= 0.3 is 7.60 Å². The SMILES string of the molecule is CC([n+]1ccc(-c2cc[n+](Cc3ccccc3)cc2)cc1)P(=O)(O)O.[Br-].[Br-]. The molecule has 8 heteroatoms. The Balaban J connectivity index is 0.00000182. The minimum absolute atomic E-state index is 0. The van der Waals surface area contributed by atoms with Gasteiger partial charge < -0.3 is 43.7 Å². The van der Waals surface area contributed by atoms with Crippen LogP contribution in [0, 0.1) is 0 Å². The van der Waals surface area contributed by atoms with E-state index in [-0.39, 0.29) is 34.0 Å². The van der Waals surface area contributed by atoms with E-state index in [0.717, 1.165) is 17.7 Å². The molecule has 0 aliphatic rings. The molecular formula is C19H21Br2N2O3P. The van der Waals surface area contributed by atoms with E-state index in [0.29, 0.717) is 0 Å². The molecule has 0 spiro atoms. The predicted molar refractivity (Wildman–Crippen MR) is 94.6 cm³/mol. The molecule has 2 aromatic heterocycles. The standard InChI is InChI=1S/C19H19N2O3P.2BrH/c1-16(25(22,23)24)21-13-9-19(10-14-21)18-7-11-20(12-8-18)15-17-5-3-2-4-6-17;;/h2-14,16H,15H2,1H3;2*1H. The van der Waals surface area contributed by atoms with E-state index in [4.69, 9.17) is 0 Å². The number of rotatable bonds is 5. The van der Waals surface area contributed by atoms with E-state index in [9.17, 15) is 14.4 Å². The first kappa shape index (κ1) is 23.7. The zero-order valence-electron chi connectivity index (χ0n) is 14.7. The van der Waals surface area contributed by atoms with Crippen molar-refractivity contribution in [3.63, 3.8) is 0 Å². The van der Waals surface area contributed by atoms with E-state index >= 15 is 0 Å². The van der Waals surface area contributed by atoms with Gasteiger partial charge in [-0.25, -0.2) is 4.57 Å². The van der Waals surface area contributed by atoms with Crippen LogP contribution in [0.3, 0.4) is 0 Å². The lowest BCUT2D eigenvalue weighted by atomic mass is 10.1. The van der Waals surface area contributed by atoms with Gasteiger partial charge in [0.05, 0.1) is 0 Å². The molecule has 2 heterocycles. The maximum absolute atomic E-state index is 11.3. The molecular weight excluding hydrogens is 495 g/mol. The number of aromatic nitrogens is 2. The quantitative estimate of drug-likeness (QED) is 0.276. The van der Waals surface area contributed by atoms with Crippen LogP contribution in [0.5, 0.6) is 0 Å². The summed E-state index contributed by atoms with van der Waals surface area (Å²) in [6.07, 6.45) is 7.46. The van der Waals surface area contributed by atoms with Gasteiger partial charge in [0, 0.05) is 36.8 Å². The number of nitrogens with zero attached hydrogens (tertiary/aromatic N) is 2. The lowest BCUT2D eigenvalue weighted by Crippen LogP contribution is -3.00. The molecule has 0 saturated carbocycles. The molecule has 1 aromatic carbocycles. The summed E-state index contributed by atoms with van der Waals surface area (Å²) in [7, 11) is -4.15. The van der Waals surface area contributed by atoms with Crippen LogP contribution < -0.4 is 43.1 Å². The minimum Gasteiger partial charge on any atom is -1.00 e. The maximum Gasteiger partial charge on any atom is 0.392 e. The van der Waals surface area contributed by atoms with Gasteiger partial charge in [0.1, 0.15) is 0 Å². The van der Waals surface area contributed by atoms with Crippen LogP contribution >= 0.6 is 7.60 Å². The smallest absolute Gasteiger partial charge is 0.392 e. The van der Waals surface area contributed by atoms with Gasteiger partial charge in [-0.05, 0) is 11.1 Å². The Hall–Kier alpha value is -1.37. The highest BCUT2D eigenvalue weighted by Crippen LogP contribution is 2.45. The third-order valence-corrected chi connectivity index (χ3v) is 5.44. The lowest BCUT2D eigenvalue weighted by molar-refractivity contribution is -0.701. The fourth-order valence-electron chi connectivity index (χ4n) is 2.60. The van der Waals surface area contributed by atoms with E-state index in [1.807, 2.05) is 54.9 Å². The van der Waals surface area contributed by atoms with Gasteiger partial charge in [-0.2, -0.15) is 4.57 Å². The number of halogens is 2. The second-order valence-electron chi connectivity index (χ2n) is 6.00. The minimum atomic E-state index is -4.15. The summed E-state index contributed by atoms with van der Waals surface area (Å²) in [6.45, 7) is 2.32. The van der Waals surface area contributed by atoms with Crippen molar-refractivity contribution in [2.75, 3.05) is 0 Å². The van der Waals surface area contributed by atoms with Gasteiger partial charge in [0.25, 0.3) is 5.78 Å². The number of hydrogen-bond donors (Lipinski definition) is 2. The molecule has 2 N–H and O–H groups in total. The van der Waals surface area contributed by atoms with Gasteiger partial charge in [-0.15, -0.1) is 0 Å². The molecule has 144 valence electrons. The van der Waals surface area contributed by atoms with Crippen molar-refractivity contribution in [2.24, 2.45) is 0 Å². The molecule has 27 heavy (non-hydrogen) atoms. The molecule has 0 aliphatic heterocycles. The number of benzene rings is 1. The molecule has 0 amide bonds. The second-order valence-corrected chi connectivity index (χ2v) is 7.93. The van der Waals surface area contributed by atoms with Crippen LogP contribution in [0.1, 0.15) is 18.3 Å². The molecule has 5 nitrogen and oxygen atoms in total. The van der Waals surface area contributed by atoms with E-state index in [1.165, 1.54) is 17.1 Å². The van der Waals surface area contributed by atoms with Crippen molar-refractivity contribution in [1.82, 2.24) is 0 Å². The molecule has 0 saturated heterocycles. The Morgan fingerprint density at radius 2 is 1.33 bits per heavy atom. The summed E-state index contributed by atoms with van der Waals surface area (Å²) in [4.78, 5) is 18.5. The molecule has 1 unspecified atom stereocenters. The molecule has 0 aliphatic carbocycles. The summed E-state index contributed by atoms with van der Waals surface area (Å²) < 4.78 is 15.0. The van der Waals surface area contributed by atoms with E-state index in [1.54, 1.807) is 12.4 Å². The number of pyridine rings is 2. The second kappa shape index (κ2) is 10.2. The maximum atomic E-state index is 11.3. The Morgan fingerprint density at radius 1 is 0.852 bits per heavy atom. The van der Waals surface area contributed by atoms with Gasteiger partial charge in [-0.1, -0.05) is 30.3 Å². The first-order chi connectivity index (χ1) is 11.9. The Labute approximate surface area is 180 Å². The van der Waals surface area contributed by atoms with Crippen LogP contribution in [-0.4, -0.2) is 9.79 Å². The van der Waals surface area contributed by atoms with Crippen LogP contribution in [-0.2, 0) is 11.1 Å². The lowest BCUT2D eigenvalue weighted by Gasteiger charge is -2.09. The normalized spacial score (nSPS) is 11.8. The van der Waals surface area contributed by atoms with Crippen molar-refractivity contribution >= 4 is 7.60 Å². The molecule has 0 radical (unpaired) electrons. The first-order valence-corrected chi connectivity index (χ1v) is 9.71. The van der Waals surface area contributed by atoms with Crippen molar-refractivity contribution in [1.29, 1.82) is 0 Å². The summed E-state index contributed by atoms with van der Waals surface area (Å²) in [5.41, 5.74) is 3.30. The highest BCUT2D eigenvalue weighted by Gasteiger charge is 2.32. The van der Waals surface area contributed by atoms with Crippen LogP contribution in [0.15, 0.2) is 79.4 Å². The summed E-state index contributed by atoms with van der Waals surface area (Å²) in [5, 5.41) is 0. The molecule has 0 bridgehead atoms. The monoisotopic (exact) mass is 514 g/mol. The van der Waals surface area contributed by atoms with Crippen molar-refractivity contribution in [3.8, 4) is 11.1 Å². The third-order valence-electron chi connectivity index (χ3n) is 4.20. The molecule has 1 atom stereocenters. The average molecular weight is 516 g/mol. The van der Waals surface area contributed by atoms with Gasteiger partial charge in [0.15, 0.2) is 31.3 Å². The molecule has 3 rings (SSSR count). The number of hydrogen-bond acceptors (Lipinski definition) is 1. The fourth-order valence-corrected chi connectivity index (χ4v) is 3.10. The zero-order valence-corrected chi connectivity index (χ0v) is 18.8. The Kier molecular flexibility index (Phi) is 8.99. The first-order valence-electron chi connectivity index (χ1n) is 8.03. The topological polar surface area (TPSA) is 65.3 Å². The molecule has 0 fully saturated rings. The summed E-state index contributed by atoms with van der Waals surface area (Å²) in [5.74, 6) is -0.870. The fraction of sp³-hybridized carbons (Fsp3) is 0.158. The summed E-state index contributed by atoms with van der Waals surface area (Å²) in [6, 6.07) is 18.1. The third kappa shape index (κ3) is 6.33. The van der Waals surface area contributed by atoms with Crippen LogP contribution in [0.2, 0.25) is 0 Å². The molecule has 3 aromatic rings. The van der Waals surface area contributed by atoms with Crippen molar-refractivity contribution in [2.45, 2.75) is 19.3 Å². The van der Waals surface area contributed by atoms with E-state index in [2.05, 4.69) is 16.7 Å². The largest absolute Gasteiger partial charge is 1.00 e. The van der Waals surface area contributed by atoms with Gasteiger partial charge in [-0.3, -0.25) is 4.57 Å². The van der Waals surface area contributed by atoms with Crippen molar-refractivity contribution < 1.29 is 57.4 Å². The van der Waals surface area contributed by atoms with Crippen molar-refractivity contribution in [3.05, 3.63) is 84.9 Å². The average Bonchev–Trinajstić information content (AvgIpc) is 2.62. The van der Waals surface area contributed by atoms with Gasteiger partial charge in [0.2, 0.25) is 0 Å². The summed E-state index contributed by atoms with van der Waals surface area (Å²) >= 11 is 0.